The van der Waals surface area contributed by atoms with Crippen molar-refractivity contribution in [2.45, 2.75) is 51.7 Å². The van der Waals surface area contributed by atoms with Crippen LogP contribution in [0.15, 0.2) is 24.3 Å². The third-order valence-electron chi connectivity index (χ3n) is 5.64. The second kappa shape index (κ2) is 9.02. The number of amides is 1. The molecule has 2 aliphatic heterocycles. The minimum atomic E-state index is -0.0991. The lowest BCUT2D eigenvalue weighted by molar-refractivity contribution is -0.147. The Bertz CT molecular complexity index is 553. The number of hydrogen-bond acceptors (Lipinski definition) is 3. The Hall–Kier alpha value is -1.10. The van der Waals surface area contributed by atoms with Crippen molar-refractivity contribution in [2.75, 3.05) is 19.7 Å². The van der Waals surface area contributed by atoms with E-state index >= 15 is 0 Å². The van der Waals surface area contributed by atoms with E-state index in [0.717, 1.165) is 50.9 Å². The third-order valence-corrected chi connectivity index (χ3v) is 5.64. The van der Waals surface area contributed by atoms with Crippen molar-refractivity contribution in [3.05, 3.63) is 35.4 Å². The molecule has 1 aromatic carbocycles. The first-order valence-electron chi connectivity index (χ1n) is 9.29. The van der Waals surface area contributed by atoms with Gasteiger partial charge in [-0.2, -0.15) is 0 Å². The van der Waals surface area contributed by atoms with Crippen molar-refractivity contribution in [2.24, 2.45) is 17.6 Å². The van der Waals surface area contributed by atoms with E-state index in [4.69, 9.17) is 10.5 Å². The molecule has 2 heterocycles. The molecule has 2 fully saturated rings. The zero-order chi connectivity index (χ0) is 17.1. The zero-order valence-electron chi connectivity index (χ0n) is 15.3. The maximum absolute atomic E-state index is 13.1. The van der Waals surface area contributed by atoms with E-state index in [9.17, 15) is 4.79 Å². The van der Waals surface area contributed by atoms with E-state index in [0.29, 0.717) is 5.92 Å². The number of aryl methyl sites for hydroxylation is 1. The van der Waals surface area contributed by atoms with Crippen molar-refractivity contribution in [1.82, 2.24) is 4.90 Å². The number of benzene rings is 1. The molecule has 5 heteroatoms. The van der Waals surface area contributed by atoms with Crippen LogP contribution in [0, 0.1) is 18.8 Å². The predicted octanol–water partition coefficient (Wildman–Crippen LogP) is 3.47. The fraction of sp³-hybridized carbons (Fsp3) is 0.650. The van der Waals surface area contributed by atoms with Crippen LogP contribution in [0.5, 0.6) is 0 Å². The van der Waals surface area contributed by atoms with Crippen LogP contribution in [0.4, 0.5) is 0 Å². The highest BCUT2D eigenvalue weighted by molar-refractivity contribution is 5.85. The number of carbonyl (C=O) groups excluding carboxylic acids is 1. The summed E-state index contributed by atoms with van der Waals surface area (Å²) in [6.45, 7) is 6.57. The molecule has 1 aromatic rings. The van der Waals surface area contributed by atoms with E-state index in [1.54, 1.807) is 0 Å². The fourth-order valence-electron chi connectivity index (χ4n) is 4.00. The van der Waals surface area contributed by atoms with Gasteiger partial charge in [0, 0.05) is 25.7 Å². The molecule has 140 valence electrons. The van der Waals surface area contributed by atoms with E-state index in [-0.39, 0.29) is 36.4 Å². The number of piperidine rings is 1. The van der Waals surface area contributed by atoms with Crippen molar-refractivity contribution in [3.8, 4) is 0 Å². The molecule has 0 aliphatic carbocycles. The molecule has 0 radical (unpaired) electrons. The number of rotatable bonds is 3. The van der Waals surface area contributed by atoms with Gasteiger partial charge in [-0.1, -0.05) is 29.8 Å². The molecule has 2 N–H and O–H groups in total. The standard InChI is InChI=1S/C20H30N2O2.ClH/c1-14-5-7-17(8-6-14)19-18(4-3-13-24-19)20(23)22-11-9-16(10-12-22)15(2)21;/h5-8,15-16,18-19H,3-4,9-13,21H2,1-2H3;1H. The summed E-state index contributed by atoms with van der Waals surface area (Å²) >= 11 is 0. The van der Waals surface area contributed by atoms with Crippen molar-refractivity contribution < 1.29 is 9.53 Å². The van der Waals surface area contributed by atoms with Gasteiger partial charge in [0.1, 0.15) is 0 Å². The van der Waals surface area contributed by atoms with Gasteiger partial charge in [-0.25, -0.2) is 0 Å². The molecule has 1 amide bonds. The molecule has 25 heavy (non-hydrogen) atoms. The van der Waals surface area contributed by atoms with Crippen LogP contribution >= 0.6 is 12.4 Å². The molecule has 0 spiro atoms. The first-order chi connectivity index (χ1) is 11.6. The molecule has 4 nitrogen and oxygen atoms in total. The maximum Gasteiger partial charge on any atom is 0.228 e. The number of halogens is 1. The fourth-order valence-corrected chi connectivity index (χ4v) is 4.00. The minimum Gasteiger partial charge on any atom is -0.373 e. The number of ether oxygens (including phenoxy) is 1. The van der Waals surface area contributed by atoms with E-state index < -0.39 is 0 Å². The van der Waals surface area contributed by atoms with Gasteiger partial charge in [0.2, 0.25) is 5.91 Å². The maximum atomic E-state index is 13.1. The largest absolute Gasteiger partial charge is 0.373 e. The van der Waals surface area contributed by atoms with Gasteiger partial charge in [0.15, 0.2) is 0 Å². The highest BCUT2D eigenvalue weighted by atomic mass is 35.5. The Labute approximate surface area is 157 Å². The van der Waals surface area contributed by atoms with E-state index in [1.165, 1.54) is 5.56 Å². The summed E-state index contributed by atoms with van der Waals surface area (Å²) < 4.78 is 6.02. The molecule has 0 saturated carbocycles. The van der Waals surface area contributed by atoms with Crippen molar-refractivity contribution in [3.63, 3.8) is 0 Å². The Morgan fingerprint density at radius 3 is 2.44 bits per heavy atom. The van der Waals surface area contributed by atoms with Gasteiger partial charge in [-0.15, -0.1) is 12.4 Å². The molecule has 0 aromatic heterocycles. The second-order valence-corrected chi connectivity index (χ2v) is 7.47. The molecule has 3 atom stereocenters. The van der Waals surface area contributed by atoms with Crippen molar-refractivity contribution >= 4 is 18.3 Å². The van der Waals surface area contributed by atoms with Crippen LogP contribution in [0.3, 0.4) is 0 Å². The van der Waals surface area contributed by atoms with Gasteiger partial charge in [-0.3, -0.25) is 4.79 Å². The molecule has 2 aliphatic rings. The summed E-state index contributed by atoms with van der Waals surface area (Å²) in [4.78, 5) is 15.1. The Morgan fingerprint density at radius 2 is 1.84 bits per heavy atom. The summed E-state index contributed by atoms with van der Waals surface area (Å²) in [6.07, 6.45) is 3.83. The zero-order valence-corrected chi connectivity index (χ0v) is 16.1. The monoisotopic (exact) mass is 366 g/mol. The van der Waals surface area contributed by atoms with Gasteiger partial charge in [-0.05, 0) is 51.0 Å². The topological polar surface area (TPSA) is 55.6 Å². The quantitative estimate of drug-likeness (QED) is 0.891. The molecular formula is C20H31ClN2O2. The van der Waals surface area contributed by atoms with Gasteiger partial charge in [0.05, 0.1) is 12.0 Å². The first-order valence-corrected chi connectivity index (χ1v) is 9.29. The lowest BCUT2D eigenvalue weighted by Gasteiger charge is -2.39. The summed E-state index contributed by atoms with van der Waals surface area (Å²) in [7, 11) is 0. The number of hydrogen-bond donors (Lipinski definition) is 1. The number of nitrogens with zero attached hydrogens (tertiary/aromatic N) is 1. The second-order valence-electron chi connectivity index (χ2n) is 7.47. The third kappa shape index (κ3) is 4.75. The number of carbonyl (C=O) groups is 1. The van der Waals surface area contributed by atoms with Crippen LogP contribution in [-0.4, -0.2) is 36.5 Å². The molecule has 2 saturated heterocycles. The smallest absolute Gasteiger partial charge is 0.228 e. The average Bonchev–Trinajstić information content (AvgIpc) is 2.62. The Kier molecular flexibility index (Phi) is 7.29. The van der Waals surface area contributed by atoms with E-state index in [2.05, 4.69) is 38.1 Å². The first kappa shape index (κ1) is 20.2. The van der Waals surface area contributed by atoms with Crippen LogP contribution in [0.25, 0.3) is 0 Å². The average molecular weight is 367 g/mol. The van der Waals surface area contributed by atoms with Crippen molar-refractivity contribution in [1.29, 1.82) is 0 Å². The van der Waals surface area contributed by atoms with Crippen LogP contribution in [0.2, 0.25) is 0 Å². The summed E-state index contributed by atoms with van der Waals surface area (Å²) in [5.41, 5.74) is 8.38. The van der Waals surface area contributed by atoms with Gasteiger partial charge in [0.25, 0.3) is 0 Å². The predicted molar refractivity (Wildman–Crippen MR) is 103 cm³/mol. The minimum absolute atomic E-state index is 0. The lowest BCUT2D eigenvalue weighted by Crippen LogP contribution is -2.46. The normalized spacial score (nSPS) is 26.0. The Balaban J connectivity index is 0.00000225. The highest BCUT2D eigenvalue weighted by Gasteiger charge is 2.37. The molecule has 3 rings (SSSR count). The van der Waals surface area contributed by atoms with Crippen LogP contribution in [0.1, 0.15) is 49.8 Å². The van der Waals surface area contributed by atoms with Gasteiger partial charge < -0.3 is 15.4 Å². The van der Waals surface area contributed by atoms with Crippen LogP contribution in [-0.2, 0) is 9.53 Å². The van der Waals surface area contributed by atoms with Gasteiger partial charge >= 0.3 is 0 Å². The SMILES string of the molecule is Cc1ccc(C2OCCCC2C(=O)N2CCC(C(C)N)CC2)cc1.Cl. The molecular weight excluding hydrogens is 336 g/mol. The van der Waals surface area contributed by atoms with E-state index in [1.807, 2.05) is 4.90 Å². The summed E-state index contributed by atoms with van der Waals surface area (Å²) in [5, 5.41) is 0. The molecule has 3 unspecified atom stereocenters. The number of likely N-dealkylation sites (tertiary alicyclic amines) is 1. The highest BCUT2D eigenvalue weighted by Crippen LogP contribution is 2.36. The summed E-state index contributed by atoms with van der Waals surface area (Å²) in [5.74, 6) is 0.765. The molecule has 0 bridgehead atoms. The summed E-state index contributed by atoms with van der Waals surface area (Å²) in [6, 6.07) is 8.63. The number of nitrogens with two attached hydrogens (primary N) is 1. The Morgan fingerprint density at radius 1 is 1.20 bits per heavy atom. The lowest BCUT2D eigenvalue weighted by atomic mass is 9.86. The van der Waals surface area contributed by atoms with Crippen LogP contribution < -0.4 is 5.73 Å².